The SMILES string of the molecule is CSc1ccc(/C(=N/OS(C)(=O)=O)C(=O)O)cc1. The third-order valence-electron chi connectivity index (χ3n) is 1.83. The molecule has 18 heavy (non-hydrogen) atoms. The molecule has 0 amide bonds. The van der Waals surface area contributed by atoms with E-state index in [0.29, 0.717) is 0 Å². The molecule has 0 saturated heterocycles. The van der Waals surface area contributed by atoms with Gasteiger partial charge in [-0.15, -0.1) is 11.8 Å². The van der Waals surface area contributed by atoms with Crippen molar-refractivity contribution in [3.8, 4) is 0 Å². The minimum atomic E-state index is -3.83. The lowest BCUT2D eigenvalue weighted by atomic mass is 10.1. The highest BCUT2D eigenvalue weighted by Crippen LogP contribution is 2.15. The third kappa shape index (κ3) is 4.38. The molecule has 8 heteroatoms. The Morgan fingerprint density at radius 1 is 1.33 bits per heavy atom. The van der Waals surface area contributed by atoms with E-state index in [1.807, 2.05) is 6.26 Å². The summed E-state index contributed by atoms with van der Waals surface area (Å²) >= 11 is 1.50. The zero-order valence-corrected chi connectivity index (χ0v) is 11.3. The molecule has 98 valence electrons. The van der Waals surface area contributed by atoms with Gasteiger partial charge in [0.25, 0.3) is 0 Å². The molecule has 0 fully saturated rings. The molecule has 0 aliphatic rings. The van der Waals surface area contributed by atoms with Crippen molar-refractivity contribution in [3.63, 3.8) is 0 Å². The molecule has 1 aromatic carbocycles. The molecule has 0 unspecified atom stereocenters. The minimum absolute atomic E-state index is 0.268. The zero-order valence-electron chi connectivity index (χ0n) is 9.65. The van der Waals surface area contributed by atoms with Gasteiger partial charge in [0, 0.05) is 10.5 Å². The van der Waals surface area contributed by atoms with Crippen LogP contribution in [0.3, 0.4) is 0 Å². The quantitative estimate of drug-likeness (QED) is 0.497. The van der Waals surface area contributed by atoms with E-state index in [0.717, 1.165) is 11.2 Å². The van der Waals surface area contributed by atoms with E-state index < -0.39 is 21.8 Å². The minimum Gasteiger partial charge on any atom is -0.476 e. The van der Waals surface area contributed by atoms with Crippen LogP contribution >= 0.6 is 11.8 Å². The van der Waals surface area contributed by atoms with E-state index in [4.69, 9.17) is 5.11 Å². The van der Waals surface area contributed by atoms with E-state index >= 15 is 0 Å². The largest absolute Gasteiger partial charge is 0.476 e. The average Bonchev–Trinajstić information content (AvgIpc) is 2.28. The predicted octanol–water partition coefficient (Wildman–Crippen LogP) is 1.17. The number of aliphatic carboxylic acids is 1. The van der Waals surface area contributed by atoms with E-state index in [2.05, 4.69) is 9.44 Å². The number of rotatable bonds is 5. The first kappa shape index (κ1) is 14.5. The topological polar surface area (TPSA) is 93.0 Å². The van der Waals surface area contributed by atoms with Crippen LogP contribution in [0.2, 0.25) is 0 Å². The lowest BCUT2D eigenvalue weighted by molar-refractivity contribution is -0.129. The monoisotopic (exact) mass is 289 g/mol. The summed E-state index contributed by atoms with van der Waals surface area (Å²) in [6.45, 7) is 0. The standard InChI is InChI=1S/C10H11NO5S2/c1-17-8-5-3-7(4-6-8)9(10(12)13)11-16-18(2,14)15/h3-6H,1-2H3,(H,12,13)/b11-9-. The number of hydrogen-bond donors (Lipinski definition) is 1. The molecule has 0 spiro atoms. The first-order valence-corrected chi connectivity index (χ1v) is 7.72. The lowest BCUT2D eigenvalue weighted by Crippen LogP contribution is -2.16. The molecule has 1 N–H and O–H groups in total. The molecule has 0 aliphatic carbocycles. The Morgan fingerprint density at radius 3 is 2.28 bits per heavy atom. The summed E-state index contributed by atoms with van der Waals surface area (Å²) in [6, 6.07) is 6.48. The van der Waals surface area contributed by atoms with Crippen LogP contribution in [-0.2, 0) is 19.2 Å². The highest BCUT2D eigenvalue weighted by Gasteiger charge is 2.15. The number of carboxylic acids is 1. The molecule has 0 heterocycles. The van der Waals surface area contributed by atoms with Crippen molar-refractivity contribution >= 4 is 33.6 Å². The van der Waals surface area contributed by atoms with Gasteiger partial charge in [-0.25, -0.2) is 4.79 Å². The number of nitrogens with zero attached hydrogens (tertiary/aromatic N) is 1. The second-order valence-corrected chi connectivity index (χ2v) is 5.69. The van der Waals surface area contributed by atoms with E-state index in [-0.39, 0.29) is 5.56 Å². The molecule has 0 saturated carbocycles. The average molecular weight is 289 g/mol. The van der Waals surface area contributed by atoms with Crippen molar-refractivity contribution in [2.75, 3.05) is 12.5 Å². The van der Waals surface area contributed by atoms with Crippen LogP contribution in [0.25, 0.3) is 0 Å². The van der Waals surface area contributed by atoms with Crippen LogP contribution in [0.1, 0.15) is 5.56 Å². The summed E-state index contributed by atoms with van der Waals surface area (Å²) in [7, 11) is -3.83. The van der Waals surface area contributed by atoms with Crippen LogP contribution in [-0.4, -0.2) is 37.7 Å². The normalized spacial score (nSPS) is 12.2. The summed E-state index contributed by atoms with van der Waals surface area (Å²) in [5.41, 5.74) is -0.197. The molecule has 0 atom stereocenters. The van der Waals surface area contributed by atoms with E-state index in [1.54, 1.807) is 12.1 Å². The molecule has 0 aromatic heterocycles. The van der Waals surface area contributed by atoms with Crippen molar-refractivity contribution < 1.29 is 22.6 Å². The van der Waals surface area contributed by atoms with Crippen LogP contribution in [0, 0.1) is 0 Å². The van der Waals surface area contributed by atoms with Crippen molar-refractivity contribution in [1.82, 2.24) is 0 Å². The fraction of sp³-hybridized carbons (Fsp3) is 0.200. The first-order chi connectivity index (χ1) is 8.33. The second kappa shape index (κ2) is 5.87. The van der Waals surface area contributed by atoms with Gasteiger partial charge < -0.3 is 5.11 Å². The number of hydrogen-bond acceptors (Lipinski definition) is 6. The van der Waals surface area contributed by atoms with E-state index in [1.165, 1.54) is 23.9 Å². The van der Waals surface area contributed by atoms with Crippen molar-refractivity contribution in [2.45, 2.75) is 4.90 Å². The van der Waals surface area contributed by atoms with Gasteiger partial charge in [0.15, 0.2) is 5.71 Å². The van der Waals surface area contributed by atoms with Gasteiger partial charge in [-0.3, -0.25) is 4.28 Å². The Kier molecular flexibility index (Phi) is 4.74. The van der Waals surface area contributed by atoms with Crippen molar-refractivity contribution in [2.24, 2.45) is 5.16 Å². The van der Waals surface area contributed by atoms with Gasteiger partial charge in [0.05, 0.1) is 6.26 Å². The summed E-state index contributed by atoms with van der Waals surface area (Å²) in [5.74, 6) is -1.37. The number of carboxylic acid groups (broad SMARTS) is 1. The van der Waals surface area contributed by atoms with Crippen molar-refractivity contribution in [3.05, 3.63) is 29.8 Å². The summed E-state index contributed by atoms with van der Waals surface area (Å²) < 4.78 is 25.7. The predicted molar refractivity (Wildman–Crippen MR) is 68.3 cm³/mol. The van der Waals surface area contributed by atoms with Gasteiger partial charge in [-0.1, -0.05) is 17.3 Å². The maximum absolute atomic E-state index is 11.0. The maximum atomic E-state index is 11.0. The highest BCUT2D eigenvalue weighted by molar-refractivity contribution is 7.98. The Balaban J connectivity index is 3.08. The Bertz CT molecular complexity index is 562. The number of carbonyl (C=O) groups is 1. The van der Waals surface area contributed by atoms with Crippen LogP contribution in [0.4, 0.5) is 0 Å². The summed E-state index contributed by atoms with van der Waals surface area (Å²) in [4.78, 5) is 11.9. The van der Waals surface area contributed by atoms with Gasteiger partial charge in [-0.05, 0) is 18.4 Å². The number of thioether (sulfide) groups is 1. The summed E-state index contributed by atoms with van der Waals surface area (Å²) in [5, 5.41) is 12.1. The Morgan fingerprint density at radius 2 is 1.89 bits per heavy atom. The molecular weight excluding hydrogens is 278 g/mol. The fourth-order valence-corrected chi connectivity index (χ4v) is 1.69. The Labute approximate surface area is 109 Å². The maximum Gasteiger partial charge on any atom is 0.358 e. The third-order valence-corrected chi connectivity index (χ3v) is 2.92. The Hall–Kier alpha value is -1.54. The molecule has 0 bridgehead atoms. The van der Waals surface area contributed by atoms with Gasteiger partial charge in [-0.2, -0.15) is 8.42 Å². The number of benzene rings is 1. The first-order valence-electron chi connectivity index (χ1n) is 4.68. The van der Waals surface area contributed by atoms with Crippen molar-refractivity contribution in [1.29, 1.82) is 0 Å². The second-order valence-electron chi connectivity index (χ2n) is 3.25. The number of oxime groups is 1. The smallest absolute Gasteiger partial charge is 0.358 e. The molecule has 0 aliphatic heterocycles. The summed E-state index contributed by atoms with van der Waals surface area (Å²) in [6.07, 6.45) is 2.67. The zero-order chi connectivity index (χ0) is 13.8. The highest BCUT2D eigenvalue weighted by atomic mass is 32.2. The molecule has 0 radical (unpaired) electrons. The van der Waals surface area contributed by atoms with Gasteiger partial charge >= 0.3 is 16.1 Å². The molecule has 6 nitrogen and oxygen atoms in total. The van der Waals surface area contributed by atoms with Crippen LogP contribution < -0.4 is 0 Å². The van der Waals surface area contributed by atoms with Gasteiger partial charge in [0.1, 0.15) is 0 Å². The molecule has 1 rings (SSSR count). The van der Waals surface area contributed by atoms with Crippen LogP contribution in [0.15, 0.2) is 34.3 Å². The van der Waals surface area contributed by atoms with Gasteiger partial charge in [0.2, 0.25) is 0 Å². The van der Waals surface area contributed by atoms with E-state index in [9.17, 15) is 13.2 Å². The van der Waals surface area contributed by atoms with Crippen LogP contribution in [0.5, 0.6) is 0 Å². The molecule has 1 aromatic rings. The fourth-order valence-electron chi connectivity index (χ4n) is 1.07. The molecular formula is C10H11NO5S2. The lowest BCUT2D eigenvalue weighted by Gasteiger charge is -2.02.